The molecular formula is C20H19N5O. The molecule has 5 rings (SSSR count). The highest BCUT2D eigenvalue weighted by Crippen LogP contribution is 2.32. The van der Waals surface area contributed by atoms with E-state index in [1.165, 1.54) is 0 Å². The number of para-hydroxylation sites is 2. The van der Waals surface area contributed by atoms with Gasteiger partial charge in [-0.15, -0.1) is 0 Å². The van der Waals surface area contributed by atoms with E-state index in [2.05, 4.69) is 16.4 Å². The van der Waals surface area contributed by atoms with E-state index in [4.69, 9.17) is 0 Å². The van der Waals surface area contributed by atoms with Crippen molar-refractivity contribution in [2.24, 2.45) is 0 Å². The van der Waals surface area contributed by atoms with Gasteiger partial charge in [0.05, 0.1) is 22.6 Å². The minimum atomic E-state index is 0.0831. The minimum absolute atomic E-state index is 0.0831. The summed E-state index contributed by atoms with van der Waals surface area (Å²) >= 11 is 0. The van der Waals surface area contributed by atoms with E-state index in [1.54, 1.807) is 0 Å². The Kier molecular flexibility index (Phi) is 3.20. The summed E-state index contributed by atoms with van der Waals surface area (Å²) in [5, 5.41) is 13.1. The molecule has 1 aromatic carbocycles. The summed E-state index contributed by atoms with van der Waals surface area (Å²) in [6.07, 6.45) is 2.78. The Balaban J connectivity index is 1.61. The summed E-state index contributed by atoms with van der Waals surface area (Å²) in [5.74, 6) is 1.13. The number of aryl methyl sites for hydroxylation is 1. The van der Waals surface area contributed by atoms with Crippen molar-refractivity contribution in [3.63, 3.8) is 0 Å². The van der Waals surface area contributed by atoms with Gasteiger partial charge in [-0.2, -0.15) is 5.26 Å². The number of carbonyl (C=O) groups is 1. The number of hydrogen-bond donors (Lipinski definition) is 1. The van der Waals surface area contributed by atoms with E-state index in [0.29, 0.717) is 23.7 Å². The highest BCUT2D eigenvalue weighted by atomic mass is 16.2. The Bertz CT molecular complexity index is 1090. The molecule has 0 spiro atoms. The van der Waals surface area contributed by atoms with Crippen molar-refractivity contribution in [1.29, 1.82) is 5.26 Å². The van der Waals surface area contributed by atoms with E-state index in [0.717, 1.165) is 41.8 Å². The predicted octanol–water partition coefficient (Wildman–Crippen LogP) is 2.84. The van der Waals surface area contributed by atoms with Crippen molar-refractivity contribution in [2.75, 3.05) is 11.9 Å². The molecule has 1 saturated heterocycles. The van der Waals surface area contributed by atoms with Crippen LogP contribution < -0.4 is 5.32 Å². The van der Waals surface area contributed by atoms with Crippen LogP contribution in [0.5, 0.6) is 0 Å². The highest BCUT2D eigenvalue weighted by molar-refractivity contribution is 5.85. The van der Waals surface area contributed by atoms with E-state index in [1.807, 2.05) is 46.6 Å². The molecule has 1 saturated carbocycles. The first-order valence-electron chi connectivity index (χ1n) is 9.02. The van der Waals surface area contributed by atoms with Gasteiger partial charge in [0.2, 0.25) is 5.91 Å². The van der Waals surface area contributed by atoms with Crippen LogP contribution in [-0.2, 0) is 4.79 Å². The standard InChI is InChI=1S/C20H19N5O/c1-12-8-18(22-13-9-19(26)24(11-13)14-6-7-14)25-17-5-3-2-4-16(17)23-20(25)15(12)10-21/h2-5,8,13-14,22H,6-7,9,11H2,1H3. The Morgan fingerprint density at radius 3 is 2.88 bits per heavy atom. The Labute approximate surface area is 151 Å². The summed E-state index contributed by atoms with van der Waals surface area (Å²) in [5.41, 5.74) is 3.97. The largest absolute Gasteiger partial charge is 0.366 e. The zero-order valence-electron chi connectivity index (χ0n) is 14.6. The third kappa shape index (κ3) is 2.24. The summed E-state index contributed by atoms with van der Waals surface area (Å²) in [4.78, 5) is 19.0. The maximum absolute atomic E-state index is 12.3. The number of likely N-dealkylation sites (tertiary alicyclic amines) is 1. The second-order valence-electron chi connectivity index (χ2n) is 7.28. The number of aromatic nitrogens is 2. The Morgan fingerprint density at radius 1 is 1.31 bits per heavy atom. The summed E-state index contributed by atoms with van der Waals surface area (Å²) in [7, 11) is 0. The van der Waals surface area contributed by atoms with Crippen LogP contribution in [0.3, 0.4) is 0 Å². The number of carbonyl (C=O) groups excluding carboxylic acids is 1. The first kappa shape index (κ1) is 15.2. The molecule has 3 aromatic rings. The van der Waals surface area contributed by atoms with Gasteiger partial charge in [-0.1, -0.05) is 12.1 Å². The van der Waals surface area contributed by atoms with Crippen molar-refractivity contribution >= 4 is 28.4 Å². The first-order valence-corrected chi connectivity index (χ1v) is 9.02. The molecule has 1 N–H and O–H groups in total. The predicted molar refractivity (Wildman–Crippen MR) is 98.9 cm³/mol. The fourth-order valence-electron chi connectivity index (χ4n) is 3.98. The monoisotopic (exact) mass is 345 g/mol. The van der Waals surface area contributed by atoms with Gasteiger partial charge in [0.15, 0.2) is 5.65 Å². The molecule has 1 atom stereocenters. The molecule has 2 aliphatic rings. The van der Waals surface area contributed by atoms with Crippen molar-refractivity contribution in [1.82, 2.24) is 14.3 Å². The number of fused-ring (bicyclic) bond motifs is 3. The number of nitrogens with one attached hydrogen (secondary N) is 1. The van der Waals surface area contributed by atoms with Gasteiger partial charge in [-0.3, -0.25) is 9.20 Å². The number of amides is 1. The van der Waals surface area contributed by atoms with Gasteiger partial charge in [0, 0.05) is 19.0 Å². The molecule has 1 aliphatic carbocycles. The van der Waals surface area contributed by atoms with Crippen LogP contribution in [0.25, 0.3) is 16.7 Å². The Hall–Kier alpha value is -3.07. The maximum Gasteiger partial charge on any atom is 0.225 e. The molecule has 26 heavy (non-hydrogen) atoms. The van der Waals surface area contributed by atoms with Gasteiger partial charge in [0.25, 0.3) is 0 Å². The van der Waals surface area contributed by atoms with Gasteiger partial charge < -0.3 is 10.2 Å². The van der Waals surface area contributed by atoms with Crippen LogP contribution in [0.4, 0.5) is 5.82 Å². The number of benzene rings is 1. The number of rotatable bonds is 3. The van der Waals surface area contributed by atoms with E-state index < -0.39 is 0 Å². The number of pyridine rings is 1. The molecule has 6 heteroatoms. The third-order valence-corrected chi connectivity index (χ3v) is 5.38. The SMILES string of the molecule is Cc1cc(NC2CC(=O)N(C3CC3)C2)n2c(nc3ccccc32)c1C#N. The molecule has 0 bridgehead atoms. The lowest BCUT2D eigenvalue weighted by Crippen LogP contribution is -2.30. The fraction of sp³-hybridized carbons (Fsp3) is 0.350. The fourth-order valence-corrected chi connectivity index (χ4v) is 3.98. The number of hydrogen-bond acceptors (Lipinski definition) is 4. The molecule has 1 aliphatic heterocycles. The van der Waals surface area contributed by atoms with Gasteiger partial charge in [-0.25, -0.2) is 4.98 Å². The van der Waals surface area contributed by atoms with E-state index in [-0.39, 0.29) is 11.9 Å². The number of imidazole rings is 1. The van der Waals surface area contributed by atoms with Crippen LogP contribution in [-0.4, -0.2) is 38.8 Å². The second kappa shape index (κ2) is 5.46. The minimum Gasteiger partial charge on any atom is -0.366 e. The second-order valence-corrected chi connectivity index (χ2v) is 7.28. The third-order valence-electron chi connectivity index (χ3n) is 5.38. The Morgan fingerprint density at radius 2 is 2.12 bits per heavy atom. The topological polar surface area (TPSA) is 73.4 Å². The van der Waals surface area contributed by atoms with Crippen molar-refractivity contribution in [3.8, 4) is 6.07 Å². The molecule has 3 heterocycles. The van der Waals surface area contributed by atoms with Crippen molar-refractivity contribution in [3.05, 3.63) is 41.5 Å². The van der Waals surface area contributed by atoms with Gasteiger partial charge in [0.1, 0.15) is 11.9 Å². The first-order chi connectivity index (χ1) is 12.7. The molecule has 0 radical (unpaired) electrons. The number of nitriles is 1. The van der Waals surface area contributed by atoms with E-state index >= 15 is 0 Å². The summed E-state index contributed by atoms with van der Waals surface area (Å²) < 4.78 is 2.01. The smallest absolute Gasteiger partial charge is 0.225 e. The summed E-state index contributed by atoms with van der Waals surface area (Å²) in [6.45, 7) is 2.68. The highest BCUT2D eigenvalue weighted by Gasteiger charge is 2.39. The lowest BCUT2D eigenvalue weighted by atomic mass is 10.1. The van der Waals surface area contributed by atoms with Crippen molar-refractivity contribution in [2.45, 2.75) is 38.3 Å². The van der Waals surface area contributed by atoms with Crippen LogP contribution in [0, 0.1) is 18.3 Å². The van der Waals surface area contributed by atoms with Gasteiger partial charge >= 0.3 is 0 Å². The molecule has 1 unspecified atom stereocenters. The molecular weight excluding hydrogens is 326 g/mol. The molecule has 6 nitrogen and oxygen atoms in total. The van der Waals surface area contributed by atoms with Crippen LogP contribution >= 0.6 is 0 Å². The molecule has 1 amide bonds. The zero-order valence-corrected chi connectivity index (χ0v) is 14.6. The average Bonchev–Trinajstić information content (AvgIpc) is 3.29. The van der Waals surface area contributed by atoms with Crippen molar-refractivity contribution < 1.29 is 4.79 Å². The lowest BCUT2D eigenvalue weighted by Gasteiger charge is -2.18. The molecule has 2 aromatic heterocycles. The van der Waals surface area contributed by atoms with Gasteiger partial charge in [-0.05, 0) is 43.5 Å². The number of anilines is 1. The van der Waals surface area contributed by atoms with Crippen LogP contribution in [0.15, 0.2) is 30.3 Å². The number of nitrogens with zero attached hydrogens (tertiary/aromatic N) is 4. The normalized spacial score (nSPS) is 20.1. The van der Waals surface area contributed by atoms with Crippen LogP contribution in [0.2, 0.25) is 0 Å². The zero-order chi connectivity index (χ0) is 17.8. The molecule has 130 valence electrons. The average molecular weight is 345 g/mol. The van der Waals surface area contributed by atoms with Crippen LogP contribution in [0.1, 0.15) is 30.4 Å². The maximum atomic E-state index is 12.3. The van der Waals surface area contributed by atoms with E-state index in [9.17, 15) is 10.1 Å². The lowest BCUT2D eigenvalue weighted by molar-refractivity contribution is -0.128. The molecule has 2 fully saturated rings. The summed E-state index contributed by atoms with van der Waals surface area (Å²) in [6, 6.07) is 12.7. The quantitative estimate of drug-likeness (QED) is 0.792.